The molecule has 8 heteroatoms. The highest BCUT2D eigenvalue weighted by atomic mass is 35.5. The standard InChI is InChI=1S/C33H40ClN3O4/c1-23-8-4-9-26(20-23)30-28(11-5-12-29(30)34)33(40,17-7-18-36-32(39)41-3)27-10-6-19-37(22-27)31(38)25-15-13-24(14-16-25)21-35-2/h4-5,8-9,11-16,20,27,35,40H,6-7,10,17-19,21-22H2,1-3H3,(H,36,39)/t27-,33+/m1/s1. The van der Waals surface area contributed by atoms with E-state index < -0.39 is 11.7 Å². The summed E-state index contributed by atoms with van der Waals surface area (Å²) in [5, 5.41) is 19.1. The lowest BCUT2D eigenvalue weighted by Gasteiger charge is -2.44. The van der Waals surface area contributed by atoms with Gasteiger partial charge in [-0.1, -0.05) is 65.7 Å². The summed E-state index contributed by atoms with van der Waals surface area (Å²) >= 11 is 6.82. The van der Waals surface area contributed by atoms with Gasteiger partial charge in [0, 0.05) is 48.2 Å². The first-order valence-corrected chi connectivity index (χ1v) is 14.6. The molecule has 0 bridgehead atoms. The average molecular weight is 578 g/mol. The smallest absolute Gasteiger partial charge is 0.406 e. The molecule has 0 aromatic heterocycles. The van der Waals surface area contributed by atoms with E-state index in [4.69, 9.17) is 16.3 Å². The fourth-order valence-electron chi connectivity index (χ4n) is 5.86. The topological polar surface area (TPSA) is 90.9 Å². The number of nitrogens with one attached hydrogen (secondary N) is 2. The molecule has 4 rings (SSSR count). The molecule has 1 aliphatic rings. The number of amides is 2. The zero-order chi connectivity index (χ0) is 29.4. The molecule has 3 N–H and O–H groups in total. The number of rotatable bonds is 10. The van der Waals surface area contributed by atoms with E-state index in [-0.39, 0.29) is 11.8 Å². The van der Waals surface area contributed by atoms with Crippen LogP contribution in [0.2, 0.25) is 5.02 Å². The van der Waals surface area contributed by atoms with Crippen molar-refractivity contribution in [3.8, 4) is 11.1 Å². The lowest BCUT2D eigenvalue weighted by Crippen LogP contribution is -2.48. The normalized spacial score (nSPS) is 16.6. The second-order valence-corrected chi connectivity index (χ2v) is 11.2. The van der Waals surface area contributed by atoms with Crippen LogP contribution < -0.4 is 10.6 Å². The molecule has 0 radical (unpaired) electrons. The quantitative estimate of drug-likeness (QED) is 0.261. The molecule has 1 saturated heterocycles. The molecule has 1 heterocycles. The maximum atomic E-state index is 13.6. The first-order valence-electron chi connectivity index (χ1n) is 14.2. The van der Waals surface area contributed by atoms with Gasteiger partial charge in [-0.25, -0.2) is 4.79 Å². The van der Waals surface area contributed by atoms with Crippen LogP contribution in [0, 0.1) is 12.8 Å². The number of alkyl carbamates (subject to hydrolysis) is 1. The maximum Gasteiger partial charge on any atom is 0.406 e. The van der Waals surface area contributed by atoms with E-state index >= 15 is 0 Å². The van der Waals surface area contributed by atoms with Gasteiger partial charge in [0.15, 0.2) is 0 Å². The van der Waals surface area contributed by atoms with E-state index in [9.17, 15) is 14.7 Å². The maximum absolute atomic E-state index is 13.6. The number of likely N-dealkylation sites (tertiary alicyclic amines) is 1. The number of carbonyl (C=O) groups is 2. The molecule has 0 spiro atoms. The first-order chi connectivity index (χ1) is 19.8. The van der Waals surface area contributed by atoms with E-state index in [2.05, 4.69) is 16.7 Å². The molecule has 2 atom stereocenters. The lowest BCUT2D eigenvalue weighted by molar-refractivity contribution is -0.0563. The van der Waals surface area contributed by atoms with E-state index in [0.29, 0.717) is 43.1 Å². The van der Waals surface area contributed by atoms with E-state index in [1.165, 1.54) is 7.11 Å². The first kappa shape index (κ1) is 30.6. The number of carbonyl (C=O) groups excluding carboxylic acids is 2. The van der Waals surface area contributed by atoms with Crippen molar-refractivity contribution in [1.29, 1.82) is 0 Å². The Hall–Kier alpha value is -3.39. The monoisotopic (exact) mass is 577 g/mol. The van der Waals surface area contributed by atoms with Crippen molar-refractivity contribution in [2.45, 2.75) is 44.8 Å². The van der Waals surface area contributed by atoms with Crippen LogP contribution >= 0.6 is 11.6 Å². The number of benzene rings is 3. The van der Waals surface area contributed by atoms with Crippen LogP contribution in [0.3, 0.4) is 0 Å². The van der Waals surface area contributed by atoms with Gasteiger partial charge in [-0.3, -0.25) is 4.79 Å². The largest absolute Gasteiger partial charge is 0.453 e. The van der Waals surface area contributed by atoms with Crippen LogP contribution in [-0.2, 0) is 16.9 Å². The Morgan fingerprint density at radius 1 is 1.12 bits per heavy atom. The van der Waals surface area contributed by atoms with E-state index in [0.717, 1.165) is 47.2 Å². The van der Waals surface area contributed by atoms with Crippen LogP contribution in [0.1, 0.15) is 52.7 Å². The minimum atomic E-state index is -1.29. The minimum Gasteiger partial charge on any atom is -0.453 e. The predicted octanol–water partition coefficient (Wildman–Crippen LogP) is 5.91. The van der Waals surface area contributed by atoms with Crippen molar-refractivity contribution in [2.24, 2.45) is 5.92 Å². The highest BCUT2D eigenvalue weighted by Gasteiger charge is 2.43. The number of hydrogen-bond donors (Lipinski definition) is 3. The summed E-state index contributed by atoms with van der Waals surface area (Å²) in [6, 6.07) is 21.4. The van der Waals surface area contributed by atoms with E-state index in [1.54, 1.807) is 0 Å². The Kier molecular flexibility index (Phi) is 10.4. The molecule has 2 amide bonds. The van der Waals surface area contributed by atoms with Crippen molar-refractivity contribution in [2.75, 3.05) is 33.8 Å². The van der Waals surface area contributed by atoms with Gasteiger partial charge < -0.3 is 25.4 Å². The van der Waals surface area contributed by atoms with Crippen LogP contribution in [-0.4, -0.2) is 55.8 Å². The number of halogens is 1. The molecular weight excluding hydrogens is 538 g/mol. The van der Waals surface area contributed by atoms with Gasteiger partial charge in [0.1, 0.15) is 0 Å². The van der Waals surface area contributed by atoms with Gasteiger partial charge in [0.05, 0.1) is 12.7 Å². The SMILES string of the molecule is CNCc1ccc(C(=O)N2CCC[C@@H]([C@@](O)(CCCNC(=O)OC)c3cccc(Cl)c3-c3cccc(C)c3)C2)cc1. The van der Waals surface area contributed by atoms with Crippen LogP contribution in [0.5, 0.6) is 0 Å². The molecule has 0 saturated carbocycles. The predicted molar refractivity (Wildman–Crippen MR) is 163 cm³/mol. The molecule has 1 aliphatic heterocycles. The number of aliphatic hydroxyl groups is 1. The molecule has 3 aromatic carbocycles. The average Bonchev–Trinajstić information content (AvgIpc) is 2.99. The number of nitrogens with zero attached hydrogens (tertiary/aromatic N) is 1. The van der Waals surface area contributed by atoms with Crippen LogP contribution in [0.25, 0.3) is 11.1 Å². The van der Waals surface area contributed by atoms with Crippen molar-refractivity contribution in [1.82, 2.24) is 15.5 Å². The summed E-state index contributed by atoms with van der Waals surface area (Å²) in [7, 11) is 3.22. The van der Waals surface area contributed by atoms with Gasteiger partial charge in [0.2, 0.25) is 0 Å². The Morgan fingerprint density at radius 2 is 1.88 bits per heavy atom. The van der Waals surface area contributed by atoms with Crippen molar-refractivity contribution >= 4 is 23.6 Å². The van der Waals surface area contributed by atoms with Gasteiger partial charge in [-0.15, -0.1) is 0 Å². The van der Waals surface area contributed by atoms with Gasteiger partial charge in [-0.2, -0.15) is 0 Å². The Morgan fingerprint density at radius 3 is 2.59 bits per heavy atom. The second kappa shape index (κ2) is 14.0. The number of piperidine rings is 1. The molecular formula is C33H40ClN3O4. The molecule has 0 unspecified atom stereocenters. The summed E-state index contributed by atoms with van der Waals surface area (Å²) in [4.78, 5) is 27.1. The third-order valence-electron chi connectivity index (χ3n) is 7.94. The number of ether oxygens (including phenoxy) is 1. The molecule has 7 nitrogen and oxygen atoms in total. The summed E-state index contributed by atoms with van der Waals surface area (Å²) in [5.41, 5.74) is 4.02. The number of methoxy groups -OCH3 is 1. The van der Waals surface area contributed by atoms with Crippen molar-refractivity contribution in [3.05, 3.63) is 94.0 Å². The summed E-state index contributed by atoms with van der Waals surface area (Å²) in [5.74, 6) is -0.269. The van der Waals surface area contributed by atoms with E-state index in [1.807, 2.05) is 79.5 Å². The molecule has 3 aromatic rings. The molecule has 1 fully saturated rings. The molecule has 41 heavy (non-hydrogen) atoms. The fraction of sp³-hybridized carbons (Fsp3) is 0.394. The fourth-order valence-corrected chi connectivity index (χ4v) is 6.15. The van der Waals surface area contributed by atoms with Crippen molar-refractivity contribution in [3.63, 3.8) is 0 Å². The van der Waals surface area contributed by atoms with Crippen LogP contribution in [0.15, 0.2) is 66.7 Å². The van der Waals surface area contributed by atoms with Gasteiger partial charge in [0.25, 0.3) is 5.91 Å². The van der Waals surface area contributed by atoms with Crippen LogP contribution in [0.4, 0.5) is 4.79 Å². The Labute approximate surface area is 247 Å². The zero-order valence-corrected chi connectivity index (χ0v) is 24.8. The number of hydrogen-bond acceptors (Lipinski definition) is 5. The van der Waals surface area contributed by atoms with Crippen molar-refractivity contribution < 1.29 is 19.4 Å². The molecule has 218 valence electrons. The van der Waals surface area contributed by atoms with Gasteiger partial charge >= 0.3 is 6.09 Å². The highest BCUT2D eigenvalue weighted by Crippen LogP contribution is 2.45. The summed E-state index contributed by atoms with van der Waals surface area (Å²) in [6.07, 6.45) is 1.92. The third-order valence-corrected chi connectivity index (χ3v) is 8.26. The summed E-state index contributed by atoms with van der Waals surface area (Å²) < 4.78 is 4.71. The lowest BCUT2D eigenvalue weighted by atomic mass is 9.72. The second-order valence-electron chi connectivity index (χ2n) is 10.8. The number of aryl methyl sites for hydroxylation is 1. The Balaban J connectivity index is 1.67. The molecule has 0 aliphatic carbocycles. The third kappa shape index (κ3) is 7.28. The highest BCUT2D eigenvalue weighted by molar-refractivity contribution is 6.33. The van der Waals surface area contributed by atoms with Gasteiger partial charge in [-0.05, 0) is 74.5 Å². The Bertz CT molecular complexity index is 1350. The summed E-state index contributed by atoms with van der Waals surface area (Å²) in [6.45, 7) is 4.16. The zero-order valence-electron chi connectivity index (χ0n) is 24.1. The minimum absolute atomic E-state index is 0.0367.